The molecule has 0 aliphatic carbocycles. The van der Waals surface area contributed by atoms with Crippen molar-refractivity contribution in [2.45, 2.75) is 0 Å². The Kier molecular flexibility index (Phi) is 5.01. The van der Waals surface area contributed by atoms with Crippen LogP contribution in [0.2, 0.25) is 0 Å². The molecule has 0 saturated carbocycles. The zero-order valence-corrected chi connectivity index (χ0v) is 12.6. The molecule has 0 spiro atoms. The molecular formula is C15H11ClOTe. The molecule has 0 bridgehead atoms. The van der Waals surface area contributed by atoms with Crippen molar-refractivity contribution in [3.8, 4) is 0 Å². The fourth-order valence-corrected chi connectivity index (χ4v) is 3.53. The third kappa shape index (κ3) is 3.46. The van der Waals surface area contributed by atoms with Gasteiger partial charge in [0.2, 0.25) is 0 Å². The molecule has 1 nitrogen and oxygen atoms in total. The molecule has 0 aromatic heterocycles. The number of allylic oxidation sites excluding steroid dienone is 1. The van der Waals surface area contributed by atoms with E-state index in [1.165, 1.54) is 0 Å². The van der Waals surface area contributed by atoms with Crippen LogP contribution >= 0.6 is 8.96 Å². The van der Waals surface area contributed by atoms with E-state index in [2.05, 4.69) is 0 Å². The molecule has 0 fully saturated rings. The van der Waals surface area contributed by atoms with Crippen LogP contribution in [0.1, 0.15) is 15.9 Å². The van der Waals surface area contributed by atoms with Crippen LogP contribution in [-0.2, 0) is 0 Å². The number of halogens is 1. The molecule has 2 rings (SSSR count). The molecule has 2 aromatic carbocycles. The molecule has 0 heterocycles. The first-order valence-electron chi connectivity index (χ1n) is 5.46. The van der Waals surface area contributed by atoms with Gasteiger partial charge in [0.15, 0.2) is 0 Å². The Morgan fingerprint density at radius 1 is 0.889 bits per heavy atom. The van der Waals surface area contributed by atoms with E-state index in [0.717, 1.165) is 9.18 Å². The van der Waals surface area contributed by atoms with E-state index in [4.69, 9.17) is 8.96 Å². The van der Waals surface area contributed by atoms with E-state index in [9.17, 15) is 4.79 Å². The van der Waals surface area contributed by atoms with Crippen LogP contribution < -0.4 is 0 Å². The van der Waals surface area contributed by atoms with E-state index in [-0.39, 0.29) is 5.78 Å². The van der Waals surface area contributed by atoms with Gasteiger partial charge >= 0.3 is 121 Å². The van der Waals surface area contributed by atoms with E-state index < -0.39 is 19.8 Å². The van der Waals surface area contributed by atoms with Crippen molar-refractivity contribution in [1.82, 2.24) is 0 Å². The van der Waals surface area contributed by atoms with Crippen LogP contribution in [0.15, 0.2) is 66.7 Å². The van der Waals surface area contributed by atoms with Crippen LogP contribution in [-0.4, -0.2) is 25.6 Å². The van der Waals surface area contributed by atoms with E-state index >= 15 is 0 Å². The van der Waals surface area contributed by atoms with Gasteiger partial charge in [-0.25, -0.2) is 0 Å². The molecule has 18 heavy (non-hydrogen) atoms. The summed E-state index contributed by atoms with van der Waals surface area (Å²) in [5, 5.41) is 0. The summed E-state index contributed by atoms with van der Waals surface area (Å²) in [6.45, 7) is 0. The predicted octanol–water partition coefficient (Wildman–Crippen LogP) is 3.77. The number of hydrogen-bond acceptors (Lipinski definition) is 1. The standard InChI is InChI=1S/C15H11ClOTe/c16-18-15(13-9-5-2-6-10-13)11-14(17)12-7-3-1-4-8-12/h1-11H. The topological polar surface area (TPSA) is 17.1 Å². The minimum atomic E-state index is -0.827. The first-order valence-corrected chi connectivity index (χ1v) is 9.58. The second kappa shape index (κ2) is 6.75. The van der Waals surface area contributed by atoms with E-state index in [1.807, 2.05) is 60.7 Å². The van der Waals surface area contributed by atoms with Crippen molar-refractivity contribution < 1.29 is 4.79 Å². The van der Waals surface area contributed by atoms with Gasteiger partial charge in [-0.05, 0) is 0 Å². The van der Waals surface area contributed by atoms with Gasteiger partial charge in [-0.2, -0.15) is 0 Å². The summed E-state index contributed by atoms with van der Waals surface area (Å²) < 4.78 is 0.969. The van der Waals surface area contributed by atoms with Crippen LogP contribution in [0.5, 0.6) is 0 Å². The number of rotatable bonds is 4. The molecule has 0 N–H and O–H groups in total. The summed E-state index contributed by atoms with van der Waals surface area (Å²) in [4.78, 5) is 12.1. The van der Waals surface area contributed by atoms with Crippen molar-refractivity contribution >= 4 is 38.2 Å². The molecule has 0 aliphatic rings. The summed E-state index contributed by atoms with van der Waals surface area (Å²) in [5.74, 6) is 0.0141. The molecule has 2 aromatic rings. The summed E-state index contributed by atoms with van der Waals surface area (Å²) >= 11 is -0.827. The van der Waals surface area contributed by atoms with Gasteiger partial charge in [0.05, 0.1) is 0 Å². The molecule has 0 amide bonds. The first kappa shape index (κ1) is 13.4. The van der Waals surface area contributed by atoms with Crippen molar-refractivity contribution in [1.29, 1.82) is 0 Å². The van der Waals surface area contributed by atoms with Crippen molar-refractivity contribution in [2.24, 2.45) is 0 Å². The number of benzene rings is 2. The Bertz CT molecular complexity index is 549. The Labute approximate surface area is 120 Å². The van der Waals surface area contributed by atoms with Crippen molar-refractivity contribution in [2.75, 3.05) is 0 Å². The molecule has 0 atom stereocenters. The monoisotopic (exact) mass is 372 g/mol. The Balaban J connectivity index is 2.29. The number of carbonyl (C=O) groups is 1. The van der Waals surface area contributed by atoms with E-state index in [0.29, 0.717) is 5.56 Å². The average molecular weight is 370 g/mol. The summed E-state index contributed by atoms with van der Waals surface area (Å²) in [6, 6.07) is 19.1. The molecule has 0 aliphatic heterocycles. The van der Waals surface area contributed by atoms with Gasteiger partial charge in [-0.15, -0.1) is 0 Å². The molecular weight excluding hydrogens is 359 g/mol. The Morgan fingerprint density at radius 2 is 1.39 bits per heavy atom. The third-order valence-corrected chi connectivity index (χ3v) is 5.06. The van der Waals surface area contributed by atoms with Gasteiger partial charge in [-0.1, -0.05) is 0 Å². The van der Waals surface area contributed by atoms with Gasteiger partial charge in [0.1, 0.15) is 0 Å². The summed E-state index contributed by atoms with van der Waals surface area (Å²) in [7, 11) is 6.04. The number of ketones is 1. The van der Waals surface area contributed by atoms with Gasteiger partial charge in [0, 0.05) is 0 Å². The fourth-order valence-electron chi connectivity index (χ4n) is 1.56. The average Bonchev–Trinajstić information content (AvgIpc) is 2.46. The quantitative estimate of drug-likeness (QED) is 0.455. The second-order valence-corrected chi connectivity index (χ2v) is 6.41. The third-order valence-electron chi connectivity index (χ3n) is 2.46. The number of hydrogen-bond donors (Lipinski definition) is 0. The van der Waals surface area contributed by atoms with Crippen LogP contribution in [0, 0.1) is 0 Å². The minimum absolute atomic E-state index is 0.0141. The Morgan fingerprint density at radius 3 is 1.89 bits per heavy atom. The fraction of sp³-hybridized carbons (Fsp3) is 0. The molecule has 3 heteroatoms. The van der Waals surface area contributed by atoms with Crippen molar-refractivity contribution in [3.63, 3.8) is 0 Å². The molecule has 0 unspecified atom stereocenters. The predicted molar refractivity (Wildman–Crippen MR) is 76.8 cm³/mol. The zero-order valence-electron chi connectivity index (χ0n) is 9.55. The van der Waals surface area contributed by atoms with E-state index in [1.54, 1.807) is 6.08 Å². The number of carbonyl (C=O) groups excluding carboxylic acids is 1. The normalized spacial score (nSPS) is 11.3. The second-order valence-electron chi connectivity index (χ2n) is 3.68. The Hall–Kier alpha value is -1.07. The van der Waals surface area contributed by atoms with Crippen LogP contribution in [0.3, 0.4) is 0 Å². The molecule has 0 saturated heterocycles. The zero-order chi connectivity index (χ0) is 12.8. The van der Waals surface area contributed by atoms with Gasteiger partial charge in [-0.3, -0.25) is 0 Å². The molecule has 0 radical (unpaired) electrons. The van der Waals surface area contributed by atoms with Crippen LogP contribution in [0.25, 0.3) is 3.62 Å². The maximum absolute atomic E-state index is 12.1. The molecule has 90 valence electrons. The SMILES string of the molecule is O=C(C=C([Te]Cl)c1ccccc1)c1ccccc1. The van der Waals surface area contributed by atoms with Crippen LogP contribution in [0.4, 0.5) is 0 Å². The summed E-state index contributed by atoms with van der Waals surface area (Å²) in [5.41, 5.74) is 1.74. The van der Waals surface area contributed by atoms with Crippen molar-refractivity contribution in [3.05, 3.63) is 77.9 Å². The van der Waals surface area contributed by atoms with Gasteiger partial charge < -0.3 is 0 Å². The first-order chi connectivity index (χ1) is 8.81. The van der Waals surface area contributed by atoms with Gasteiger partial charge in [0.25, 0.3) is 0 Å². The maximum atomic E-state index is 12.1. The summed E-state index contributed by atoms with van der Waals surface area (Å²) in [6.07, 6.45) is 1.67.